The number of nitrogens with zero attached hydrogens (tertiary/aromatic N) is 2. The van der Waals surface area contributed by atoms with E-state index in [0.717, 1.165) is 22.4 Å². The number of halogens is 3. The van der Waals surface area contributed by atoms with Gasteiger partial charge >= 0.3 is 0 Å². The molecule has 0 radical (unpaired) electrons. The number of aromatic nitrogens is 2. The largest absolute Gasteiger partial charge is 0.320 e. The number of hydrogen-bond acceptors (Lipinski definition) is 1. The molecule has 0 aliphatic carbocycles. The molecule has 1 unspecified atom stereocenters. The predicted molar refractivity (Wildman–Crippen MR) is 84.5 cm³/mol. The summed E-state index contributed by atoms with van der Waals surface area (Å²) in [5.74, 6) is 0.828. The first-order valence-electron chi connectivity index (χ1n) is 6.58. The molecule has 3 rings (SSSR count). The monoisotopic (exact) mass is 322 g/mol. The molecule has 0 spiro atoms. The smallest absolute Gasteiger partial charge is 0.125 e. The van der Waals surface area contributed by atoms with Gasteiger partial charge in [-0.1, -0.05) is 23.7 Å². The van der Waals surface area contributed by atoms with E-state index in [-0.39, 0.29) is 11.9 Å². The lowest BCUT2D eigenvalue weighted by Gasteiger charge is -2.17. The van der Waals surface area contributed by atoms with E-state index in [1.165, 1.54) is 12.1 Å². The summed E-state index contributed by atoms with van der Waals surface area (Å²) in [6, 6.07) is 12.1. The second-order valence-corrected chi connectivity index (χ2v) is 5.60. The fourth-order valence-corrected chi connectivity index (χ4v) is 2.89. The van der Waals surface area contributed by atoms with Gasteiger partial charge in [-0.2, -0.15) is 0 Å². The Bertz CT molecular complexity index is 781. The molecule has 0 aliphatic rings. The topological polar surface area (TPSA) is 17.8 Å². The van der Waals surface area contributed by atoms with Gasteiger partial charge in [-0.15, -0.1) is 11.6 Å². The molecule has 108 valence electrons. The molecule has 0 aliphatic heterocycles. The first kappa shape index (κ1) is 14.4. The third-order valence-electron chi connectivity index (χ3n) is 3.58. The fourth-order valence-electron chi connectivity index (χ4n) is 2.54. The van der Waals surface area contributed by atoms with E-state index in [2.05, 4.69) is 9.55 Å². The van der Waals surface area contributed by atoms with Gasteiger partial charge in [0.2, 0.25) is 0 Å². The molecular formula is C16H13Cl2FN2. The van der Waals surface area contributed by atoms with Crippen LogP contribution < -0.4 is 0 Å². The highest BCUT2D eigenvalue weighted by molar-refractivity contribution is 6.31. The molecule has 0 saturated heterocycles. The lowest BCUT2D eigenvalue weighted by molar-refractivity contribution is 0.614. The number of hydrogen-bond donors (Lipinski definition) is 0. The van der Waals surface area contributed by atoms with Crippen LogP contribution in [0.1, 0.15) is 24.4 Å². The summed E-state index contributed by atoms with van der Waals surface area (Å²) in [4.78, 5) is 4.53. The molecule has 0 amide bonds. The third kappa shape index (κ3) is 2.63. The summed E-state index contributed by atoms with van der Waals surface area (Å²) in [6.07, 6.45) is 0. The van der Waals surface area contributed by atoms with Gasteiger partial charge < -0.3 is 4.57 Å². The SMILES string of the molecule is CC(c1ccc(F)cc1)n1c(CCl)nc2cc(Cl)ccc21. The van der Waals surface area contributed by atoms with Crippen LogP contribution in [0, 0.1) is 5.82 Å². The maximum absolute atomic E-state index is 13.1. The zero-order chi connectivity index (χ0) is 15.0. The fraction of sp³-hybridized carbons (Fsp3) is 0.188. The van der Waals surface area contributed by atoms with Crippen molar-refractivity contribution in [3.8, 4) is 0 Å². The molecule has 3 aromatic rings. The van der Waals surface area contributed by atoms with Crippen molar-refractivity contribution in [2.75, 3.05) is 0 Å². The van der Waals surface area contributed by atoms with Crippen LogP contribution in [-0.2, 0) is 5.88 Å². The van der Waals surface area contributed by atoms with E-state index in [1.807, 2.05) is 25.1 Å². The number of fused-ring (bicyclic) bond motifs is 1. The van der Waals surface area contributed by atoms with Crippen LogP contribution in [0.2, 0.25) is 5.02 Å². The standard InChI is InChI=1S/C16H13Cl2FN2/c1-10(11-2-5-13(19)6-3-11)21-15-7-4-12(18)8-14(15)20-16(21)9-17/h2-8,10H,9H2,1H3. The van der Waals surface area contributed by atoms with Crippen molar-refractivity contribution < 1.29 is 4.39 Å². The Balaban J connectivity index is 2.16. The van der Waals surface area contributed by atoms with Crippen molar-refractivity contribution in [1.29, 1.82) is 0 Å². The van der Waals surface area contributed by atoms with Crippen LogP contribution in [-0.4, -0.2) is 9.55 Å². The van der Waals surface area contributed by atoms with Crippen LogP contribution in [0.5, 0.6) is 0 Å². The lowest BCUT2D eigenvalue weighted by Crippen LogP contribution is -2.09. The quantitative estimate of drug-likeness (QED) is 0.608. The minimum atomic E-state index is -0.245. The van der Waals surface area contributed by atoms with Crippen LogP contribution in [0.15, 0.2) is 42.5 Å². The Morgan fingerprint density at radius 3 is 2.57 bits per heavy atom. The first-order chi connectivity index (χ1) is 10.1. The van der Waals surface area contributed by atoms with Crippen molar-refractivity contribution >= 4 is 34.2 Å². The minimum Gasteiger partial charge on any atom is -0.320 e. The number of imidazole rings is 1. The highest BCUT2D eigenvalue weighted by Gasteiger charge is 2.17. The summed E-state index contributed by atoms with van der Waals surface area (Å²) in [7, 11) is 0. The molecule has 1 atom stereocenters. The highest BCUT2D eigenvalue weighted by Crippen LogP contribution is 2.28. The first-order valence-corrected chi connectivity index (χ1v) is 7.49. The van der Waals surface area contributed by atoms with Gasteiger partial charge in [0.05, 0.1) is 23.0 Å². The summed E-state index contributed by atoms with van der Waals surface area (Å²) >= 11 is 12.0. The van der Waals surface area contributed by atoms with E-state index in [9.17, 15) is 4.39 Å². The molecule has 2 nitrogen and oxygen atoms in total. The number of rotatable bonds is 3. The van der Waals surface area contributed by atoms with Gasteiger partial charge in [0.25, 0.3) is 0 Å². The third-order valence-corrected chi connectivity index (χ3v) is 4.06. The summed E-state index contributed by atoms with van der Waals surface area (Å²) in [5.41, 5.74) is 2.77. The molecule has 5 heteroatoms. The van der Waals surface area contributed by atoms with Gasteiger partial charge in [0.1, 0.15) is 11.6 Å². The molecule has 0 fully saturated rings. The predicted octanol–water partition coefficient (Wildman–Crippen LogP) is 5.18. The Kier molecular flexibility index (Phi) is 3.87. The minimum absolute atomic E-state index is 0.00512. The van der Waals surface area contributed by atoms with Gasteiger partial charge in [-0.25, -0.2) is 9.37 Å². The molecule has 1 heterocycles. The Labute approximate surface area is 132 Å². The van der Waals surface area contributed by atoms with Crippen molar-refractivity contribution in [3.05, 3.63) is 64.7 Å². The number of alkyl halides is 1. The average molecular weight is 323 g/mol. The Morgan fingerprint density at radius 1 is 1.19 bits per heavy atom. The zero-order valence-corrected chi connectivity index (χ0v) is 12.9. The Morgan fingerprint density at radius 2 is 1.90 bits per heavy atom. The molecular weight excluding hydrogens is 310 g/mol. The summed E-state index contributed by atoms with van der Waals surface area (Å²) in [6.45, 7) is 2.04. The summed E-state index contributed by atoms with van der Waals surface area (Å²) < 4.78 is 15.1. The van der Waals surface area contributed by atoms with Gasteiger partial charge in [-0.3, -0.25) is 0 Å². The van der Waals surface area contributed by atoms with Crippen molar-refractivity contribution in [2.24, 2.45) is 0 Å². The normalized spacial score (nSPS) is 12.8. The molecule has 2 aromatic carbocycles. The van der Waals surface area contributed by atoms with Crippen molar-refractivity contribution in [1.82, 2.24) is 9.55 Å². The lowest BCUT2D eigenvalue weighted by atomic mass is 10.1. The second kappa shape index (κ2) is 5.66. The van der Waals surface area contributed by atoms with E-state index >= 15 is 0 Å². The average Bonchev–Trinajstić information content (AvgIpc) is 2.84. The molecule has 1 aromatic heterocycles. The van der Waals surface area contributed by atoms with Crippen molar-refractivity contribution in [3.63, 3.8) is 0 Å². The van der Waals surface area contributed by atoms with Gasteiger partial charge in [0.15, 0.2) is 0 Å². The van der Waals surface area contributed by atoms with Crippen LogP contribution in [0.4, 0.5) is 4.39 Å². The zero-order valence-electron chi connectivity index (χ0n) is 11.4. The van der Waals surface area contributed by atoms with Crippen molar-refractivity contribution in [2.45, 2.75) is 18.8 Å². The van der Waals surface area contributed by atoms with Gasteiger partial charge in [-0.05, 0) is 42.8 Å². The van der Waals surface area contributed by atoms with E-state index < -0.39 is 0 Å². The van der Waals surface area contributed by atoms with Crippen LogP contribution >= 0.6 is 23.2 Å². The van der Waals surface area contributed by atoms with E-state index in [1.54, 1.807) is 12.1 Å². The molecule has 0 saturated carbocycles. The molecule has 0 bridgehead atoms. The second-order valence-electron chi connectivity index (χ2n) is 4.89. The van der Waals surface area contributed by atoms with Crippen LogP contribution in [0.25, 0.3) is 11.0 Å². The van der Waals surface area contributed by atoms with Crippen LogP contribution in [0.3, 0.4) is 0 Å². The Hall–Kier alpha value is -1.58. The summed E-state index contributed by atoms with van der Waals surface area (Å²) in [5, 5.41) is 0.641. The molecule has 21 heavy (non-hydrogen) atoms. The van der Waals surface area contributed by atoms with E-state index in [4.69, 9.17) is 23.2 Å². The maximum Gasteiger partial charge on any atom is 0.125 e. The molecule has 0 N–H and O–H groups in total. The number of benzene rings is 2. The van der Waals surface area contributed by atoms with E-state index in [0.29, 0.717) is 10.9 Å². The maximum atomic E-state index is 13.1. The van der Waals surface area contributed by atoms with Gasteiger partial charge in [0, 0.05) is 5.02 Å². The highest BCUT2D eigenvalue weighted by atomic mass is 35.5.